The number of aryl methyl sites for hydroxylation is 2. The third-order valence-corrected chi connectivity index (χ3v) is 8.14. The number of aromatic nitrogens is 2. The van der Waals surface area contributed by atoms with Crippen LogP contribution in [0.25, 0.3) is 0 Å². The first kappa shape index (κ1) is 27.8. The number of rotatable bonds is 8. The summed E-state index contributed by atoms with van der Waals surface area (Å²) < 4.78 is 4.99. The number of aromatic amines is 1. The SMILES string of the molecule is C[C@H](CC1(c2noc(=O)[nH]2)c2ccc(C(N)=O)cc2CCc2cc(C(N)=O)ccc21)NCC(=O)N1CCCC1C#N. The van der Waals surface area contributed by atoms with Crippen molar-refractivity contribution in [2.45, 2.75) is 56.5 Å². The molecule has 0 radical (unpaired) electrons. The van der Waals surface area contributed by atoms with Gasteiger partial charge in [-0.2, -0.15) is 5.26 Å². The number of H-pyrrole nitrogens is 1. The molecule has 1 aromatic heterocycles. The molecule has 12 heteroatoms. The highest BCUT2D eigenvalue weighted by Crippen LogP contribution is 2.47. The molecule has 5 rings (SSSR count). The van der Waals surface area contributed by atoms with E-state index >= 15 is 0 Å². The van der Waals surface area contributed by atoms with Crippen molar-refractivity contribution in [3.63, 3.8) is 0 Å². The molecule has 41 heavy (non-hydrogen) atoms. The van der Waals surface area contributed by atoms with E-state index in [0.29, 0.717) is 43.4 Å². The van der Waals surface area contributed by atoms with Gasteiger partial charge in [0, 0.05) is 23.7 Å². The Hall–Kier alpha value is -4.76. The standard InChI is InChI=1S/C29H31N7O5/c1-16(33-15-24(37)36-10-2-3-21(36)14-30)13-29(27-34-28(40)41-35-27)22-8-6-19(25(31)38)11-17(22)4-5-18-12-20(26(32)39)7-9-23(18)29/h6-9,11-12,16,21,33H,2-5,10,13,15H2,1H3,(H2,31,38)(H2,32,39)(H,34,35,40)/t16-,21?/m1/s1. The van der Waals surface area contributed by atoms with E-state index in [1.165, 1.54) is 0 Å². The number of carbonyl (C=O) groups excluding carboxylic acids is 3. The first-order chi connectivity index (χ1) is 19.6. The minimum absolute atomic E-state index is 0.0195. The minimum atomic E-state index is -1.10. The van der Waals surface area contributed by atoms with Crippen LogP contribution in [-0.4, -0.2) is 57.9 Å². The lowest BCUT2D eigenvalue weighted by Crippen LogP contribution is -2.45. The van der Waals surface area contributed by atoms with E-state index in [1.807, 2.05) is 6.92 Å². The van der Waals surface area contributed by atoms with Crippen molar-refractivity contribution in [3.05, 3.63) is 86.2 Å². The van der Waals surface area contributed by atoms with Gasteiger partial charge in [0.1, 0.15) is 6.04 Å². The maximum Gasteiger partial charge on any atom is 0.438 e. The van der Waals surface area contributed by atoms with E-state index in [1.54, 1.807) is 41.3 Å². The fourth-order valence-corrected chi connectivity index (χ4v) is 6.23. The third-order valence-electron chi connectivity index (χ3n) is 8.14. The second-order valence-corrected chi connectivity index (χ2v) is 10.7. The van der Waals surface area contributed by atoms with E-state index in [2.05, 4.69) is 21.5 Å². The van der Waals surface area contributed by atoms with Crippen molar-refractivity contribution < 1.29 is 18.9 Å². The molecule has 1 unspecified atom stereocenters. The van der Waals surface area contributed by atoms with Crippen LogP contribution < -0.4 is 22.5 Å². The second-order valence-electron chi connectivity index (χ2n) is 10.7. The summed E-state index contributed by atoms with van der Waals surface area (Å²) >= 11 is 0. The Bertz CT molecular complexity index is 1550. The average Bonchev–Trinajstić information content (AvgIpc) is 3.60. The van der Waals surface area contributed by atoms with Gasteiger partial charge in [0.25, 0.3) is 0 Å². The van der Waals surface area contributed by atoms with Crippen molar-refractivity contribution >= 4 is 17.7 Å². The number of benzene rings is 2. The van der Waals surface area contributed by atoms with Crippen LogP contribution in [0.15, 0.2) is 45.7 Å². The number of primary amides is 2. The number of hydrogen-bond donors (Lipinski definition) is 4. The highest BCUT2D eigenvalue weighted by molar-refractivity contribution is 5.94. The zero-order valence-corrected chi connectivity index (χ0v) is 22.6. The third kappa shape index (κ3) is 5.12. The largest absolute Gasteiger partial charge is 0.438 e. The van der Waals surface area contributed by atoms with Gasteiger partial charge in [0.15, 0.2) is 5.82 Å². The summed E-state index contributed by atoms with van der Waals surface area (Å²) in [5.41, 5.74) is 14.0. The van der Waals surface area contributed by atoms with E-state index in [4.69, 9.17) is 16.0 Å². The summed E-state index contributed by atoms with van der Waals surface area (Å²) in [4.78, 5) is 53.7. The van der Waals surface area contributed by atoms with Crippen LogP contribution in [0.1, 0.15) is 75.0 Å². The Balaban J connectivity index is 1.61. The molecule has 2 heterocycles. The van der Waals surface area contributed by atoms with Crippen molar-refractivity contribution in [1.29, 1.82) is 5.26 Å². The number of carbonyl (C=O) groups is 3. The van der Waals surface area contributed by atoms with Gasteiger partial charge in [0.2, 0.25) is 17.7 Å². The average molecular weight is 558 g/mol. The molecule has 2 aliphatic rings. The maximum absolute atomic E-state index is 13.0. The van der Waals surface area contributed by atoms with Crippen LogP contribution in [0.4, 0.5) is 0 Å². The number of nitrogens with two attached hydrogens (primary N) is 2. The summed E-state index contributed by atoms with van der Waals surface area (Å²) in [6.45, 7) is 2.48. The smallest absolute Gasteiger partial charge is 0.366 e. The van der Waals surface area contributed by atoms with Crippen LogP contribution in [0.5, 0.6) is 0 Å². The number of amides is 3. The second kappa shape index (κ2) is 11.0. The fourth-order valence-electron chi connectivity index (χ4n) is 6.23. The molecular weight excluding hydrogens is 526 g/mol. The van der Waals surface area contributed by atoms with Gasteiger partial charge in [-0.1, -0.05) is 17.3 Å². The molecule has 212 valence electrons. The highest BCUT2D eigenvalue weighted by atomic mass is 16.5. The topological polar surface area (TPSA) is 201 Å². The molecular formula is C29H31N7O5. The number of likely N-dealkylation sites (tertiary alicyclic amines) is 1. The lowest BCUT2D eigenvalue weighted by atomic mass is 9.67. The van der Waals surface area contributed by atoms with Gasteiger partial charge in [-0.3, -0.25) is 23.9 Å². The minimum Gasteiger partial charge on any atom is -0.366 e. The predicted octanol–water partition coefficient (Wildman–Crippen LogP) is 0.876. The molecule has 12 nitrogen and oxygen atoms in total. The first-order valence-corrected chi connectivity index (χ1v) is 13.5. The molecule has 0 saturated carbocycles. The first-order valence-electron chi connectivity index (χ1n) is 13.5. The van der Waals surface area contributed by atoms with Gasteiger partial charge in [-0.25, -0.2) is 4.79 Å². The summed E-state index contributed by atoms with van der Waals surface area (Å²) in [5.74, 6) is -1.80. The molecule has 1 aliphatic carbocycles. The van der Waals surface area contributed by atoms with Crippen molar-refractivity contribution in [2.24, 2.45) is 11.5 Å². The molecule has 0 spiro atoms. The summed E-state index contributed by atoms with van der Waals surface area (Å²) in [5, 5.41) is 16.8. The molecule has 1 saturated heterocycles. The van der Waals surface area contributed by atoms with E-state index in [9.17, 15) is 24.4 Å². The number of nitriles is 1. The zero-order chi connectivity index (χ0) is 29.3. The van der Waals surface area contributed by atoms with Crippen LogP contribution in [0.3, 0.4) is 0 Å². The Morgan fingerprint density at radius 3 is 2.27 bits per heavy atom. The lowest BCUT2D eigenvalue weighted by molar-refractivity contribution is -0.130. The zero-order valence-electron chi connectivity index (χ0n) is 22.6. The number of hydrogen-bond acceptors (Lipinski definition) is 8. The van der Waals surface area contributed by atoms with Crippen LogP contribution >= 0.6 is 0 Å². The molecule has 6 N–H and O–H groups in total. The molecule has 1 fully saturated rings. The molecule has 3 amide bonds. The van der Waals surface area contributed by atoms with Crippen LogP contribution in [-0.2, 0) is 23.1 Å². The van der Waals surface area contributed by atoms with Crippen molar-refractivity contribution in [1.82, 2.24) is 20.4 Å². The van der Waals surface area contributed by atoms with Gasteiger partial charge in [-0.15, -0.1) is 0 Å². The van der Waals surface area contributed by atoms with Gasteiger partial charge >= 0.3 is 5.76 Å². The lowest BCUT2D eigenvalue weighted by Gasteiger charge is -2.36. The Morgan fingerprint density at radius 2 is 1.76 bits per heavy atom. The van der Waals surface area contributed by atoms with E-state index < -0.39 is 29.0 Å². The fraction of sp³-hybridized carbons (Fsp3) is 0.379. The van der Waals surface area contributed by atoms with Gasteiger partial charge < -0.3 is 21.7 Å². The highest BCUT2D eigenvalue weighted by Gasteiger charge is 2.45. The predicted molar refractivity (Wildman–Crippen MR) is 147 cm³/mol. The monoisotopic (exact) mass is 557 g/mol. The number of fused-ring (bicyclic) bond motifs is 2. The van der Waals surface area contributed by atoms with Crippen LogP contribution in [0.2, 0.25) is 0 Å². The normalized spacial score (nSPS) is 18.0. The Kier molecular flexibility index (Phi) is 7.47. The summed E-state index contributed by atoms with van der Waals surface area (Å²) in [6, 6.07) is 11.8. The van der Waals surface area contributed by atoms with Gasteiger partial charge in [-0.05, 0) is 85.5 Å². The number of nitrogens with zero attached hydrogens (tertiary/aromatic N) is 3. The van der Waals surface area contributed by atoms with Crippen molar-refractivity contribution in [2.75, 3.05) is 13.1 Å². The molecule has 2 atom stereocenters. The van der Waals surface area contributed by atoms with E-state index in [0.717, 1.165) is 28.7 Å². The molecule has 1 aliphatic heterocycles. The molecule has 0 bridgehead atoms. The quantitative estimate of drug-likeness (QED) is 0.312. The van der Waals surface area contributed by atoms with Crippen LogP contribution in [0, 0.1) is 11.3 Å². The van der Waals surface area contributed by atoms with Crippen molar-refractivity contribution in [3.8, 4) is 6.07 Å². The Morgan fingerprint density at radius 1 is 1.15 bits per heavy atom. The summed E-state index contributed by atoms with van der Waals surface area (Å²) in [6.07, 6.45) is 2.79. The maximum atomic E-state index is 13.0. The summed E-state index contributed by atoms with van der Waals surface area (Å²) in [7, 11) is 0. The van der Waals surface area contributed by atoms with E-state index in [-0.39, 0.29) is 24.3 Å². The number of nitrogens with one attached hydrogen (secondary N) is 2. The molecule has 3 aromatic rings. The van der Waals surface area contributed by atoms with Gasteiger partial charge in [0.05, 0.1) is 18.0 Å². The molecule has 2 aromatic carbocycles. The Labute approximate surface area is 235 Å².